The van der Waals surface area contributed by atoms with Gasteiger partial charge in [-0.25, -0.2) is 9.18 Å². The van der Waals surface area contributed by atoms with Gasteiger partial charge in [-0.05, 0) is 67.4 Å². The van der Waals surface area contributed by atoms with Crippen molar-refractivity contribution in [3.05, 3.63) is 99.2 Å². The van der Waals surface area contributed by atoms with Crippen LogP contribution in [0, 0.1) is 12.7 Å². The molecule has 4 aromatic rings. The highest BCUT2D eigenvalue weighted by Crippen LogP contribution is 2.34. The minimum absolute atomic E-state index is 0.0816. The summed E-state index contributed by atoms with van der Waals surface area (Å²) >= 11 is 0. The monoisotopic (exact) mass is 489 g/mol. The molecule has 1 aromatic heterocycles. The van der Waals surface area contributed by atoms with E-state index >= 15 is 0 Å². The topological polar surface area (TPSA) is 78.2 Å². The van der Waals surface area contributed by atoms with E-state index in [4.69, 9.17) is 18.6 Å². The molecule has 0 spiro atoms. The fraction of sp³-hybridized carbons (Fsp3) is 0.214. The zero-order valence-electron chi connectivity index (χ0n) is 19.9. The van der Waals surface area contributed by atoms with Crippen molar-refractivity contribution < 1.29 is 27.8 Å². The third kappa shape index (κ3) is 4.67. The van der Waals surface area contributed by atoms with E-state index < -0.39 is 5.97 Å². The lowest BCUT2D eigenvalue weighted by Crippen LogP contribution is -2.33. The lowest BCUT2D eigenvalue weighted by molar-refractivity contribution is 0.0600. The van der Waals surface area contributed by atoms with Crippen LogP contribution < -0.4 is 14.9 Å². The number of nitrogens with zero attached hydrogens (tertiary/aromatic N) is 1. The van der Waals surface area contributed by atoms with Crippen LogP contribution in [0.5, 0.6) is 17.2 Å². The van der Waals surface area contributed by atoms with Gasteiger partial charge in [0.25, 0.3) is 0 Å². The Hall–Kier alpha value is -4.17. The van der Waals surface area contributed by atoms with Gasteiger partial charge in [0, 0.05) is 13.1 Å². The third-order valence-corrected chi connectivity index (χ3v) is 6.15. The molecule has 0 saturated carbocycles. The van der Waals surface area contributed by atoms with Crippen LogP contribution in [-0.4, -0.2) is 31.3 Å². The minimum atomic E-state index is -0.457. The molecular weight excluding hydrogens is 465 g/mol. The lowest BCUT2D eigenvalue weighted by atomic mass is 10.1. The van der Waals surface area contributed by atoms with Crippen LogP contribution in [0.3, 0.4) is 0 Å². The second kappa shape index (κ2) is 9.83. The van der Waals surface area contributed by atoms with Crippen LogP contribution in [0.25, 0.3) is 11.0 Å². The summed E-state index contributed by atoms with van der Waals surface area (Å²) in [5.41, 5.74) is 2.38. The molecule has 0 fully saturated rings. The zero-order chi connectivity index (χ0) is 25.2. The summed E-state index contributed by atoms with van der Waals surface area (Å²) in [6.07, 6.45) is 0.736. The Labute approximate surface area is 206 Å². The van der Waals surface area contributed by atoms with Gasteiger partial charge >= 0.3 is 5.97 Å². The molecule has 0 N–H and O–H groups in total. The van der Waals surface area contributed by atoms with Crippen molar-refractivity contribution in [2.24, 2.45) is 0 Å². The molecule has 1 aliphatic rings. The van der Waals surface area contributed by atoms with Crippen LogP contribution in [0.1, 0.15) is 27.2 Å². The number of carbonyl (C=O) groups is 1. The Morgan fingerprint density at radius 2 is 1.81 bits per heavy atom. The Balaban J connectivity index is 1.39. The summed E-state index contributed by atoms with van der Waals surface area (Å²) in [6.45, 7) is 3.33. The van der Waals surface area contributed by atoms with Crippen molar-refractivity contribution >= 4 is 16.9 Å². The predicted octanol–water partition coefficient (Wildman–Crippen LogP) is 5.21. The van der Waals surface area contributed by atoms with Crippen LogP contribution in [-0.2, 0) is 17.7 Å². The van der Waals surface area contributed by atoms with E-state index in [1.165, 1.54) is 19.2 Å². The number of aryl methyl sites for hydroxylation is 1. The van der Waals surface area contributed by atoms with Gasteiger partial charge in [-0.1, -0.05) is 12.1 Å². The molecule has 36 heavy (non-hydrogen) atoms. The normalized spacial score (nSPS) is 13.2. The summed E-state index contributed by atoms with van der Waals surface area (Å²) in [5, 5.41) is 0.393. The fourth-order valence-electron chi connectivity index (χ4n) is 4.20. The Morgan fingerprint density at radius 1 is 1.06 bits per heavy atom. The lowest BCUT2D eigenvalue weighted by Gasteiger charge is -2.29. The second-order valence-corrected chi connectivity index (χ2v) is 8.56. The third-order valence-electron chi connectivity index (χ3n) is 6.15. The first-order valence-corrected chi connectivity index (χ1v) is 11.5. The molecule has 1 aliphatic heterocycles. The standard InChI is InChI=1S/C28H24FNO6/c1-17-26(36-21-9-5-19(6-10-21)28(32)33-2)25(31)22-11-12-24-23(27(22)35-17)15-30(16-34-24)14-13-18-3-7-20(29)8-4-18/h3-12H,13-16H2,1-2H3. The van der Waals surface area contributed by atoms with Crippen LogP contribution in [0.15, 0.2) is 69.9 Å². The molecule has 2 heterocycles. The summed E-state index contributed by atoms with van der Waals surface area (Å²) in [7, 11) is 1.31. The van der Waals surface area contributed by atoms with E-state index in [1.807, 2.05) is 0 Å². The molecule has 8 heteroatoms. The molecule has 7 nitrogen and oxygen atoms in total. The Kier molecular flexibility index (Phi) is 6.43. The number of rotatable bonds is 6. The highest BCUT2D eigenvalue weighted by Gasteiger charge is 2.24. The zero-order valence-corrected chi connectivity index (χ0v) is 19.9. The number of carbonyl (C=O) groups excluding carboxylic acids is 1. The van der Waals surface area contributed by atoms with E-state index in [2.05, 4.69) is 4.90 Å². The average molecular weight is 489 g/mol. The van der Waals surface area contributed by atoms with Crippen LogP contribution >= 0.6 is 0 Å². The van der Waals surface area contributed by atoms with Gasteiger partial charge in [0.15, 0.2) is 0 Å². The largest absolute Gasteiger partial charge is 0.478 e. The summed E-state index contributed by atoms with van der Waals surface area (Å²) < 4.78 is 35.8. The molecular formula is C28H24FNO6. The van der Waals surface area contributed by atoms with Crippen LogP contribution in [0.4, 0.5) is 4.39 Å². The first-order valence-electron chi connectivity index (χ1n) is 11.5. The number of esters is 1. The number of ether oxygens (including phenoxy) is 3. The molecule has 0 amide bonds. The van der Waals surface area contributed by atoms with Gasteiger partial charge < -0.3 is 18.6 Å². The van der Waals surface area contributed by atoms with Crippen molar-refractivity contribution in [3.63, 3.8) is 0 Å². The van der Waals surface area contributed by atoms with Gasteiger partial charge in [0.05, 0.1) is 23.6 Å². The van der Waals surface area contributed by atoms with Crippen molar-refractivity contribution in [1.29, 1.82) is 0 Å². The van der Waals surface area contributed by atoms with Crippen molar-refractivity contribution in [3.8, 4) is 17.2 Å². The number of hydrogen-bond donors (Lipinski definition) is 0. The number of methoxy groups -OCH3 is 1. The van der Waals surface area contributed by atoms with Crippen molar-refractivity contribution in [1.82, 2.24) is 4.90 Å². The van der Waals surface area contributed by atoms with Gasteiger partial charge in [0.2, 0.25) is 11.2 Å². The highest BCUT2D eigenvalue weighted by atomic mass is 19.1. The Bertz CT molecular complexity index is 1480. The SMILES string of the molecule is COC(=O)c1ccc(Oc2c(C)oc3c4c(ccc3c2=O)OCN(CCc2ccc(F)cc2)C4)cc1. The minimum Gasteiger partial charge on any atom is -0.478 e. The quantitative estimate of drug-likeness (QED) is 0.344. The smallest absolute Gasteiger partial charge is 0.337 e. The molecule has 0 unspecified atom stereocenters. The second-order valence-electron chi connectivity index (χ2n) is 8.56. The Morgan fingerprint density at radius 3 is 2.53 bits per heavy atom. The van der Waals surface area contributed by atoms with Gasteiger partial charge in [-0.15, -0.1) is 0 Å². The fourth-order valence-corrected chi connectivity index (χ4v) is 4.20. The van der Waals surface area contributed by atoms with Crippen molar-refractivity contribution in [2.75, 3.05) is 20.4 Å². The molecule has 0 saturated heterocycles. The van der Waals surface area contributed by atoms with Crippen molar-refractivity contribution in [2.45, 2.75) is 19.9 Å². The molecule has 184 valence electrons. The maximum atomic E-state index is 13.3. The number of benzene rings is 3. The number of halogens is 1. The number of hydrogen-bond acceptors (Lipinski definition) is 7. The molecule has 0 aliphatic carbocycles. The first-order chi connectivity index (χ1) is 17.4. The molecule has 3 aromatic carbocycles. The summed E-state index contributed by atoms with van der Waals surface area (Å²) in [6, 6.07) is 16.2. The van der Waals surface area contributed by atoms with Gasteiger partial charge in [0.1, 0.15) is 35.4 Å². The van der Waals surface area contributed by atoms with E-state index in [9.17, 15) is 14.0 Å². The van der Waals surface area contributed by atoms with Crippen LogP contribution in [0.2, 0.25) is 0 Å². The predicted molar refractivity (Wildman–Crippen MR) is 131 cm³/mol. The van der Waals surface area contributed by atoms with E-state index in [-0.39, 0.29) is 17.0 Å². The molecule has 0 radical (unpaired) electrons. The first kappa shape index (κ1) is 23.6. The molecule has 5 rings (SSSR count). The maximum Gasteiger partial charge on any atom is 0.337 e. The summed E-state index contributed by atoms with van der Waals surface area (Å²) in [4.78, 5) is 27.1. The van der Waals surface area contributed by atoms with Gasteiger partial charge in [-0.2, -0.15) is 0 Å². The van der Waals surface area contributed by atoms with E-state index in [0.29, 0.717) is 53.6 Å². The molecule has 0 atom stereocenters. The van der Waals surface area contributed by atoms with Gasteiger partial charge in [-0.3, -0.25) is 9.69 Å². The highest BCUT2D eigenvalue weighted by molar-refractivity contribution is 5.89. The summed E-state index contributed by atoms with van der Waals surface area (Å²) in [5.74, 6) is 0.773. The van der Waals surface area contributed by atoms with E-state index in [0.717, 1.165) is 17.5 Å². The van der Waals surface area contributed by atoms with E-state index in [1.54, 1.807) is 55.5 Å². The molecule has 0 bridgehead atoms. The maximum absolute atomic E-state index is 13.3. The number of fused-ring (bicyclic) bond motifs is 3. The average Bonchev–Trinajstić information content (AvgIpc) is 2.90.